The van der Waals surface area contributed by atoms with Crippen LogP contribution in [0.3, 0.4) is 0 Å². The molecule has 2 saturated heterocycles. The average molecular weight is 531 g/mol. The van der Waals surface area contributed by atoms with Crippen molar-refractivity contribution in [3.63, 3.8) is 0 Å². The summed E-state index contributed by atoms with van der Waals surface area (Å²) in [5.74, 6) is -1.08. The van der Waals surface area contributed by atoms with Crippen LogP contribution in [0.25, 0.3) is 0 Å². The lowest BCUT2D eigenvalue weighted by atomic mass is 9.51. The second-order valence-corrected chi connectivity index (χ2v) is 11.6. The van der Waals surface area contributed by atoms with Gasteiger partial charge in [-0.2, -0.15) is 0 Å². The van der Waals surface area contributed by atoms with Gasteiger partial charge in [-0.05, 0) is 39.2 Å². The number of rotatable bonds is 1. The van der Waals surface area contributed by atoms with Gasteiger partial charge in [0.15, 0.2) is 0 Å². The summed E-state index contributed by atoms with van der Waals surface area (Å²) in [6, 6.07) is 0. The summed E-state index contributed by atoms with van der Waals surface area (Å²) in [7, 11) is 0. The van der Waals surface area contributed by atoms with Crippen molar-refractivity contribution in [2.75, 3.05) is 19.8 Å². The molecule has 3 fully saturated rings. The number of carbonyl (C=O) groups excluding carboxylic acids is 2. The lowest BCUT2D eigenvalue weighted by molar-refractivity contribution is -0.232. The molecular formula is C29H38O9. The van der Waals surface area contributed by atoms with E-state index < -0.39 is 52.8 Å². The molecule has 1 saturated carbocycles. The molecule has 5 rings (SSSR count). The molecule has 2 bridgehead atoms. The molecule has 3 heterocycles. The minimum atomic E-state index is -1.06. The largest absolute Gasteiger partial charge is 0.462 e. The van der Waals surface area contributed by atoms with Gasteiger partial charge in [0.1, 0.15) is 24.4 Å². The van der Waals surface area contributed by atoms with Gasteiger partial charge >= 0.3 is 11.9 Å². The minimum absolute atomic E-state index is 0.0573. The first-order valence-electron chi connectivity index (χ1n) is 13.4. The van der Waals surface area contributed by atoms with Crippen LogP contribution in [0.1, 0.15) is 47.0 Å². The van der Waals surface area contributed by atoms with Gasteiger partial charge in [-0.3, -0.25) is 0 Å². The van der Waals surface area contributed by atoms with Gasteiger partial charge in [-0.25, -0.2) is 9.59 Å². The molecule has 9 nitrogen and oxygen atoms in total. The smallest absolute Gasteiger partial charge is 0.331 e. The van der Waals surface area contributed by atoms with E-state index in [1.54, 1.807) is 32.1 Å². The molecule has 0 aromatic rings. The van der Waals surface area contributed by atoms with Crippen LogP contribution in [-0.4, -0.2) is 84.2 Å². The van der Waals surface area contributed by atoms with Crippen molar-refractivity contribution in [3.8, 4) is 0 Å². The number of hydrogen-bond donors (Lipinski definition) is 2. The molecule has 38 heavy (non-hydrogen) atoms. The van der Waals surface area contributed by atoms with Crippen LogP contribution in [0.5, 0.6) is 0 Å². The Kier molecular flexibility index (Phi) is 7.19. The summed E-state index contributed by atoms with van der Waals surface area (Å²) in [6.45, 7) is 7.78. The molecule has 9 unspecified atom stereocenters. The second-order valence-electron chi connectivity index (χ2n) is 11.6. The Bertz CT molecular complexity index is 1080. The van der Waals surface area contributed by atoms with Gasteiger partial charge in [0.05, 0.1) is 43.0 Å². The van der Waals surface area contributed by atoms with Gasteiger partial charge < -0.3 is 33.9 Å². The zero-order valence-corrected chi connectivity index (χ0v) is 22.4. The quantitative estimate of drug-likeness (QED) is 0.299. The number of cyclic esters (lactones) is 1. The fourth-order valence-corrected chi connectivity index (χ4v) is 6.83. The topological polar surface area (TPSA) is 124 Å². The van der Waals surface area contributed by atoms with E-state index in [1.807, 2.05) is 0 Å². The maximum Gasteiger partial charge on any atom is 0.331 e. The number of carbonyl (C=O) groups is 2. The third kappa shape index (κ3) is 4.38. The Morgan fingerprint density at radius 2 is 1.87 bits per heavy atom. The van der Waals surface area contributed by atoms with Crippen molar-refractivity contribution < 1.29 is 43.5 Å². The van der Waals surface area contributed by atoms with Gasteiger partial charge in [0.25, 0.3) is 0 Å². The van der Waals surface area contributed by atoms with E-state index in [2.05, 4.69) is 19.9 Å². The van der Waals surface area contributed by atoms with Gasteiger partial charge in [0.2, 0.25) is 0 Å². The number of allylic oxidation sites excluding steroid dienone is 3. The highest BCUT2D eigenvalue weighted by atomic mass is 16.6. The lowest BCUT2D eigenvalue weighted by Gasteiger charge is -2.58. The van der Waals surface area contributed by atoms with Gasteiger partial charge in [-0.1, -0.05) is 36.8 Å². The number of aliphatic hydroxyl groups excluding tert-OH is 2. The third-order valence-corrected chi connectivity index (χ3v) is 9.39. The van der Waals surface area contributed by atoms with Crippen LogP contribution in [-0.2, 0) is 33.3 Å². The minimum Gasteiger partial charge on any atom is -0.462 e. The zero-order chi connectivity index (χ0) is 27.3. The van der Waals surface area contributed by atoms with Crippen LogP contribution in [0, 0.1) is 10.8 Å². The summed E-state index contributed by atoms with van der Waals surface area (Å²) < 4.78 is 30.3. The molecule has 2 N–H and O–H groups in total. The summed E-state index contributed by atoms with van der Waals surface area (Å²) in [5, 5.41) is 20.6. The van der Waals surface area contributed by atoms with Crippen molar-refractivity contribution in [2.45, 2.75) is 89.2 Å². The van der Waals surface area contributed by atoms with E-state index in [-0.39, 0.29) is 25.4 Å². The maximum atomic E-state index is 13.0. The molecule has 2 aliphatic carbocycles. The first-order valence-corrected chi connectivity index (χ1v) is 13.4. The van der Waals surface area contributed by atoms with Crippen molar-refractivity contribution in [1.29, 1.82) is 0 Å². The SMILES string of the molecule is CC1=CC2OC3CC4OC(=O)/C=C\C=C/C(C(C)O)OCC(O)/C(C)=C\C(=O)OCC2(CC1)C4(C)C31CO1. The Morgan fingerprint density at radius 1 is 1.11 bits per heavy atom. The monoisotopic (exact) mass is 530 g/mol. The fourth-order valence-electron chi connectivity index (χ4n) is 6.83. The van der Waals surface area contributed by atoms with Crippen molar-refractivity contribution in [2.24, 2.45) is 10.8 Å². The van der Waals surface area contributed by atoms with E-state index in [1.165, 1.54) is 17.7 Å². The van der Waals surface area contributed by atoms with Crippen LogP contribution < -0.4 is 0 Å². The van der Waals surface area contributed by atoms with E-state index in [0.717, 1.165) is 6.42 Å². The average Bonchev–Trinajstić information content (AvgIpc) is 3.64. The highest BCUT2D eigenvalue weighted by molar-refractivity contribution is 5.83. The number of esters is 2. The Hall–Kier alpha value is -2.30. The standard InChI is InChI=1S/C29H38O9/c1-17-9-10-28-15-35-26(33)12-18(2)20(31)14-34-21(19(3)30)7-5-6-8-25(32)38-22-13-24(37-23(28)11-17)29(16-36-29)27(22,28)4/h5-8,11-12,19-24,30-31H,9-10,13-16H2,1-4H3/b7-5-,8-6-,18-12-. The predicted molar refractivity (Wildman–Crippen MR) is 136 cm³/mol. The molecule has 5 aliphatic rings. The van der Waals surface area contributed by atoms with E-state index >= 15 is 0 Å². The number of aliphatic hydroxyl groups is 2. The molecule has 0 aromatic carbocycles. The van der Waals surface area contributed by atoms with Crippen molar-refractivity contribution in [1.82, 2.24) is 0 Å². The zero-order valence-electron chi connectivity index (χ0n) is 22.4. The third-order valence-electron chi connectivity index (χ3n) is 9.39. The molecule has 2 spiro atoms. The molecule has 0 radical (unpaired) electrons. The number of epoxide rings is 1. The number of ether oxygens (including phenoxy) is 5. The van der Waals surface area contributed by atoms with Gasteiger partial charge in [-0.15, -0.1) is 0 Å². The maximum absolute atomic E-state index is 13.0. The molecule has 0 amide bonds. The Morgan fingerprint density at radius 3 is 2.58 bits per heavy atom. The molecular weight excluding hydrogens is 492 g/mol. The van der Waals surface area contributed by atoms with Crippen LogP contribution in [0.2, 0.25) is 0 Å². The first-order chi connectivity index (χ1) is 18.0. The highest BCUT2D eigenvalue weighted by Crippen LogP contribution is 2.72. The first kappa shape index (κ1) is 27.3. The fraction of sp³-hybridized carbons (Fsp3) is 0.655. The summed E-state index contributed by atoms with van der Waals surface area (Å²) in [4.78, 5) is 25.9. The Labute approximate surface area is 223 Å². The second kappa shape index (κ2) is 10.0. The molecule has 0 aromatic heterocycles. The molecule has 3 aliphatic heterocycles. The van der Waals surface area contributed by atoms with E-state index in [4.69, 9.17) is 23.7 Å². The van der Waals surface area contributed by atoms with Crippen molar-refractivity contribution >= 4 is 11.9 Å². The highest BCUT2D eigenvalue weighted by Gasteiger charge is 2.83. The molecule has 9 atom stereocenters. The molecule has 208 valence electrons. The van der Waals surface area contributed by atoms with E-state index in [0.29, 0.717) is 25.0 Å². The van der Waals surface area contributed by atoms with Crippen LogP contribution in [0.4, 0.5) is 0 Å². The number of hydrogen-bond acceptors (Lipinski definition) is 9. The Balaban J connectivity index is 1.52. The predicted octanol–water partition coefficient (Wildman–Crippen LogP) is 2.31. The summed E-state index contributed by atoms with van der Waals surface area (Å²) in [5.41, 5.74) is -0.328. The summed E-state index contributed by atoms with van der Waals surface area (Å²) >= 11 is 0. The molecule has 9 heteroatoms. The van der Waals surface area contributed by atoms with Crippen LogP contribution in [0.15, 0.2) is 47.6 Å². The summed E-state index contributed by atoms with van der Waals surface area (Å²) in [6.07, 6.45) is 7.74. The van der Waals surface area contributed by atoms with E-state index in [9.17, 15) is 19.8 Å². The van der Waals surface area contributed by atoms with Crippen LogP contribution >= 0.6 is 0 Å². The lowest BCUT2D eigenvalue weighted by Crippen LogP contribution is -2.66. The normalized spacial score (nSPS) is 47.3. The van der Waals surface area contributed by atoms with Gasteiger partial charge in [0, 0.05) is 24.0 Å². The van der Waals surface area contributed by atoms with Crippen molar-refractivity contribution in [3.05, 3.63) is 47.6 Å².